The van der Waals surface area contributed by atoms with Crippen molar-refractivity contribution in [2.75, 3.05) is 10.5 Å². The Morgan fingerprint density at radius 2 is 1.82 bits per heavy atom. The minimum Gasteiger partial charge on any atom is -0.383 e. The standard InChI is InChI=1S/C23H19BrF3N5OS/c24-15-8-18(27)20(9-16(15)25)34(33)31-19-6-5-12(7-17(19)26)14-10-32(13-3-1-2-4-13)23-21(14)22(28)29-11-30-23/h5-11,13,31H,1-4H2,(H2,28,29,30). The third-order valence-corrected chi connectivity index (χ3v) is 7.74. The number of nitrogens with zero attached hydrogens (tertiary/aromatic N) is 3. The summed E-state index contributed by atoms with van der Waals surface area (Å²) in [5, 5.41) is 0.644. The second-order valence-corrected chi connectivity index (χ2v) is 10.1. The molecule has 4 aromatic rings. The Morgan fingerprint density at radius 3 is 2.56 bits per heavy atom. The van der Waals surface area contributed by atoms with Crippen molar-refractivity contribution in [1.82, 2.24) is 14.5 Å². The van der Waals surface area contributed by atoms with Crippen molar-refractivity contribution < 1.29 is 17.4 Å². The van der Waals surface area contributed by atoms with Crippen LogP contribution >= 0.6 is 15.9 Å². The predicted molar refractivity (Wildman–Crippen MR) is 129 cm³/mol. The molecule has 1 atom stereocenters. The fourth-order valence-corrected chi connectivity index (χ4v) is 5.59. The summed E-state index contributed by atoms with van der Waals surface area (Å²) in [6.07, 6.45) is 7.67. The summed E-state index contributed by atoms with van der Waals surface area (Å²) in [6.45, 7) is 0. The Balaban J connectivity index is 1.50. The van der Waals surface area contributed by atoms with E-state index in [1.165, 1.54) is 18.5 Å². The molecule has 2 aromatic carbocycles. The van der Waals surface area contributed by atoms with Crippen LogP contribution in [0.15, 0.2) is 52.2 Å². The van der Waals surface area contributed by atoms with Gasteiger partial charge in [-0.05, 0) is 58.6 Å². The van der Waals surface area contributed by atoms with Crippen LogP contribution in [0.5, 0.6) is 0 Å². The molecule has 1 aliphatic carbocycles. The monoisotopic (exact) mass is 549 g/mol. The van der Waals surface area contributed by atoms with Gasteiger partial charge in [-0.3, -0.25) is 4.72 Å². The van der Waals surface area contributed by atoms with Crippen molar-refractivity contribution in [1.29, 1.82) is 0 Å². The average Bonchev–Trinajstić information content (AvgIpc) is 3.46. The molecule has 34 heavy (non-hydrogen) atoms. The number of benzene rings is 2. The third kappa shape index (κ3) is 4.07. The summed E-state index contributed by atoms with van der Waals surface area (Å²) in [5.74, 6) is -2.07. The number of fused-ring (bicyclic) bond motifs is 1. The maximum atomic E-state index is 15.0. The first-order chi connectivity index (χ1) is 16.3. The van der Waals surface area contributed by atoms with Gasteiger partial charge in [-0.2, -0.15) is 0 Å². The highest BCUT2D eigenvalue weighted by atomic mass is 79.9. The Kier molecular flexibility index (Phi) is 6.07. The lowest BCUT2D eigenvalue weighted by Crippen LogP contribution is -2.09. The molecule has 1 fully saturated rings. The highest BCUT2D eigenvalue weighted by Crippen LogP contribution is 2.39. The number of nitrogens with two attached hydrogens (primary N) is 1. The number of hydrogen-bond donors (Lipinski definition) is 2. The maximum Gasteiger partial charge on any atom is 0.153 e. The molecule has 2 aromatic heterocycles. The second kappa shape index (κ2) is 9.03. The maximum absolute atomic E-state index is 15.0. The molecule has 0 amide bonds. The van der Waals surface area contributed by atoms with Crippen LogP contribution in [0.2, 0.25) is 0 Å². The highest BCUT2D eigenvalue weighted by molar-refractivity contribution is 9.10. The zero-order valence-electron chi connectivity index (χ0n) is 17.7. The molecular formula is C23H19BrF3N5OS. The first kappa shape index (κ1) is 22.9. The van der Waals surface area contributed by atoms with Gasteiger partial charge in [0.25, 0.3) is 0 Å². The molecule has 1 aliphatic rings. The third-order valence-electron chi connectivity index (χ3n) is 6.01. The number of aromatic nitrogens is 3. The van der Waals surface area contributed by atoms with Crippen molar-refractivity contribution >= 4 is 49.5 Å². The second-order valence-electron chi connectivity index (χ2n) is 8.11. The van der Waals surface area contributed by atoms with Gasteiger partial charge >= 0.3 is 0 Å². The van der Waals surface area contributed by atoms with Crippen molar-refractivity contribution in [2.45, 2.75) is 36.6 Å². The van der Waals surface area contributed by atoms with Gasteiger partial charge in [-0.25, -0.2) is 27.3 Å². The molecule has 1 saturated carbocycles. The lowest BCUT2D eigenvalue weighted by atomic mass is 10.1. The Morgan fingerprint density at radius 1 is 1.06 bits per heavy atom. The van der Waals surface area contributed by atoms with E-state index in [2.05, 4.69) is 35.2 Å². The van der Waals surface area contributed by atoms with Gasteiger partial charge in [-0.15, -0.1) is 0 Å². The Labute approximate surface area is 204 Å². The molecule has 6 nitrogen and oxygen atoms in total. The molecule has 0 saturated heterocycles. The Hall–Kier alpha value is -2.92. The fraction of sp³-hybridized carbons (Fsp3) is 0.217. The van der Waals surface area contributed by atoms with Crippen LogP contribution in [0.4, 0.5) is 24.7 Å². The summed E-state index contributed by atoms with van der Waals surface area (Å²) in [7, 11) is -2.22. The van der Waals surface area contributed by atoms with E-state index < -0.39 is 33.3 Å². The average molecular weight is 550 g/mol. The fourth-order valence-electron chi connectivity index (χ4n) is 4.35. The van der Waals surface area contributed by atoms with E-state index in [0.717, 1.165) is 37.8 Å². The summed E-state index contributed by atoms with van der Waals surface area (Å²) < 4.78 is 59.9. The van der Waals surface area contributed by atoms with Gasteiger partial charge in [0.2, 0.25) is 0 Å². The van der Waals surface area contributed by atoms with Crippen LogP contribution in [0, 0.1) is 17.5 Å². The largest absolute Gasteiger partial charge is 0.383 e. The normalized spacial score (nSPS) is 15.2. The lowest BCUT2D eigenvalue weighted by Gasteiger charge is -2.12. The molecule has 2 heterocycles. The summed E-state index contributed by atoms with van der Waals surface area (Å²) >= 11 is 2.87. The summed E-state index contributed by atoms with van der Waals surface area (Å²) in [6, 6.07) is 6.28. The molecule has 0 bridgehead atoms. The van der Waals surface area contributed by atoms with E-state index in [1.54, 1.807) is 6.07 Å². The molecule has 0 spiro atoms. The molecule has 5 rings (SSSR count). The number of nitrogen functional groups attached to an aromatic ring is 1. The zero-order valence-corrected chi connectivity index (χ0v) is 20.1. The number of rotatable bonds is 5. The SMILES string of the molecule is Nc1ncnc2c1c(-c1ccc(NS(=O)c3cc(F)c(Br)cc3F)c(F)c1)cn2C1CCCC1. The van der Waals surface area contributed by atoms with Gasteiger partial charge in [0.05, 0.1) is 20.4 Å². The molecule has 3 N–H and O–H groups in total. The Bertz CT molecular complexity index is 1440. The van der Waals surface area contributed by atoms with Crippen LogP contribution in [0.25, 0.3) is 22.2 Å². The van der Waals surface area contributed by atoms with Crippen molar-refractivity contribution in [3.8, 4) is 11.1 Å². The number of nitrogens with one attached hydrogen (secondary N) is 1. The smallest absolute Gasteiger partial charge is 0.153 e. The van der Waals surface area contributed by atoms with E-state index in [9.17, 15) is 13.0 Å². The molecule has 0 radical (unpaired) electrons. The van der Waals surface area contributed by atoms with Gasteiger partial charge in [0.15, 0.2) is 11.0 Å². The predicted octanol–water partition coefficient (Wildman–Crippen LogP) is 6.11. The number of halogens is 4. The molecule has 0 aliphatic heterocycles. The van der Waals surface area contributed by atoms with Crippen LogP contribution in [0.1, 0.15) is 31.7 Å². The zero-order chi connectivity index (χ0) is 24.0. The van der Waals surface area contributed by atoms with Crippen LogP contribution in [-0.2, 0) is 11.0 Å². The van der Waals surface area contributed by atoms with E-state index in [-0.39, 0.29) is 10.2 Å². The van der Waals surface area contributed by atoms with Gasteiger partial charge in [-0.1, -0.05) is 18.9 Å². The topological polar surface area (TPSA) is 85.8 Å². The van der Waals surface area contributed by atoms with Crippen LogP contribution < -0.4 is 10.5 Å². The molecule has 11 heteroatoms. The van der Waals surface area contributed by atoms with Crippen LogP contribution in [0.3, 0.4) is 0 Å². The van der Waals surface area contributed by atoms with Gasteiger partial charge < -0.3 is 10.3 Å². The van der Waals surface area contributed by atoms with E-state index >= 15 is 4.39 Å². The molecular weight excluding hydrogens is 531 g/mol. The van der Waals surface area contributed by atoms with Crippen molar-refractivity contribution in [3.05, 3.63) is 64.8 Å². The molecule has 1 unspecified atom stereocenters. The van der Waals surface area contributed by atoms with E-state index in [1.807, 2.05) is 6.20 Å². The first-order valence-corrected chi connectivity index (χ1v) is 12.5. The quantitative estimate of drug-likeness (QED) is 0.294. The van der Waals surface area contributed by atoms with Crippen molar-refractivity contribution in [3.63, 3.8) is 0 Å². The molecule has 176 valence electrons. The first-order valence-electron chi connectivity index (χ1n) is 10.6. The minimum atomic E-state index is -2.22. The summed E-state index contributed by atoms with van der Waals surface area (Å²) in [4.78, 5) is 8.11. The summed E-state index contributed by atoms with van der Waals surface area (Å²) in [5.41, 5.74) is 7.97. The lowest BCUT2D eigenvalue weighted by molar-refractivity contribution is 0.532. The minimum absolute atomic E-state index is 0.0960. The highest BCUT2D eigenvalue weighted by Gasteiger charge is 2.23. The van der Waals surface area contributed by atoms with Crippen molar-refractivity contribution in [2.24, 2.45) is 0 Å². The number of anilines is 2. The van der Waals surface area contributed by atoms with Crippen LogP contribution in [-0.4, -0.2) is 18.7 Å². The number of hydrogen-bond acceptors (Lipinski definition) is 4. The van der Waals surface area contributed by atoms with E-state index in [4.69, 9.17) is 5.73 Å². The van der Waals surface area contributed by atoms with E-state index in [0.29, 0.717) is 34.0 Å². The van der Waals surface area contributed by atoms with Gasteiger partial charge in [0, 0.05) is 17.8 Å². The van der Waals surface area contributed by atoms with Gasteiger partial charge in [0.1, 0.15) is 35.2 Å².